The molecule has 2 amide bonds. The quantitative estimate of drug-likeness (QED) is 0.699. The van der Waals surface area contributed by atoms with Crippen LogP contribution in [0.3, 0.4) is 0 Å². The second-order valence-electron chi connectivity index (χ2n) is 7.17. The lowest BCUT2D eigenvalue weighted by molar-refractivity contribution is -0.150. The Hall–Kier alpha value is -2.67. The molecular weight excluding hydrogens is 376 g/mol. The molecule has 1 aromatic heterocycles. The summed E-state index contributed by atoms with van der Waals surface area (Å²) in [6.45, 7) is 3.23. The number of aryl methyl sites for hydroxylation is 2. The van der Waals surface area contributed by atoms with Crippen LogP contribution in [0.2, 0.25) is 0 Å². The zero-order chi connectivity index (χ0) is 20.1. The van der Waals surface area contributed by atoms with Gasteiger partial charge in [-0.25, -0.2) is 4.79 Å². The lowest BCUT2D eigenvalue weighted by atomic mass is 10.0. The van der Waals surface area contributed by atoms with Crippen molar-refractivity contribution in [3.05, 3.63) is 51.7 Å². The molecular formula is C21H24N2O4S. The Morgan fingerprint density at radius 1 is 1.14 bits per heavy atom. The van der Waals surface area contributed by atoms with Crippen molar-refractivity contribution < 1.29 is 19.1 Å². The van der Waals surface area contributed by atoms with Crippen LogP contribution in [0.5, 0.6) is 0 Å². The summed E-state index contributed by atoms with van der Waals surface area (Å²) in [5.74, 6) is -1.52. The number of carbonyl (C=O) groups excluding carboxylic acids is 3. The van der Waals surface area contributed by atoms with E-state index in [-0.39, 0.29) is 11.8 Å². The highest BCUT2D eigenvalue weighted by molar-refractivity contribution is 7.12. The summed E-state index contributed by atoms with van der Waals surface area (Å²) < 4.78 is 5.15. The molecule has 0 unspecified atom stereocenters. The Morgan fingerprint density at radius 3 is 2.64 bits per heavy atom. The number of hydrogen-bond acceptors (Lipinski definition) is 5. The number of amides is 2. The van der Waals surface area contributed by atoms with Gasteiger partial charge in [-0.2, -0.15) is 0 Å². The lowest BCUT2D eigenvalue weighted by Crippen LogP contribution is -2.45. The second kappa shape index (κ2) is 9.01. The molecule has 1 aromatic carbocycles. The van der Waals surface area contributed by atoms with Gasteiger partial charge in [0.2, 0.25) is 0 Å². The summed E-state index contributed by atoms with van der Waals surface area (Å²) in [5.41, 5.74) is 3.28. The molecule has 1 aliphatic rings. The SMILES string of the molecule is CC(C)[C@H](NC(=O)c1cccs1)C(=O)OCC(=O)Nc1ccc2c(c1)CCC2. The fourth-order valence-electron chi connectivity index (χ4n) is 3.19. The highest BCUT2D eigenvalue weighted by atomic mass is 32.1. The molecule has 0 fully saturated rings. The number of nitrogens with one attached hydrogen (secondary N) is 2. The van der Waals surface area contributed by atoms with Crippen LogP contribution >= 0.6 is 11.3 Å². The van der Waals surface area contributed by atoms with Crippen LogP contribution < -0.4 is 10.6 Å². The van der Waals surface area contributed by atoms with Gasteiger partial charge in [-0.3, -0.25) is 9.59 Å². The lowest BCUT2D eigenvalue weighted by Gasteiger charge is -2.20. The first-order chi connectivity index (χ1) is 13.4. The molecule has 0 saturated carbocycles. The van der Waals surface area contributed by atoms with Gasteiger partial charge in [0.1, 0.15) is 6.04 Å². The van der Waals surface area contributed by atoms with Gasteiger partial charge < -0.3 is 15.4 Å². The second-order valence-corrected chi connectivity index (χ2v) is 8.11. The van der Waals surface area contributed by atoms with Crippen LogP contribution in [0.1, 0.15) is 41.1 Å². The highest BCUT2D eigenvalue weighted by Crippen LogP contribution is 2.24. The predicted octanol–water partition coefficient (Wildman–Crippen LogP) is 3.17. The van der Waals surface area contributed by atoms with Gasteiger partial charge >= 0.3 is 5.97 Å². The van der Waals surface area contributed by atoms with Crippen LogP contribution in [-0.4, -0.2) is 30.4 Å². The highest BCUT2D eigenvalue weighted by Gasteiger charge is 2.27. The van der Waals surface area contributed by atoms with E-state index in [1.54, 1.807) is 17.5 Å². The molecule has 0 spiro atoms. The fraction of sp³-hybridized carbons (Fsp3) is 0.381. The Balaban J connectivity index is 1.52. The summed E-state index contributed by atoms with van der Waals surface area (Å²) in [7, 11) is 0. The van der Waals surface area contributed by atoms with Gasteiger partial charge in [-0.05, 0) is 59.9 Å². The zero-order valence-electron chi connectivity index (χ0n) is 16.0. The molecule has 6 nitrogen and oxygen atoms in total. The van der Waals surface area contributed by atoms with Crippen LogP contribution in [0.15, 0.2) is 35.7 Å². The van der Waals surface area contributed by atoms with E-state index in [9.17, 15) is 14.4 Å². The number of hydrogen-bond donors (Lipinski definition) is 2. The number of thiophene rings is 1. The molecule has 7 heteroatoms. The Kier molecular flexibility index (Phi) is 6.46. The summed E-state index contributed by atoms with van der Waals surface area (Å²) >= 11 is 1.30. The summed E-state index contributed by atoms with van der Waals surface area (Å²) in [5, 5.41) is 7.23. The van der Waals surface area contributed by atoms with Crippen molar-refractivity contribution in [2.45, 2.75) is 39.2 Å². The van der Waals surface area contributed by atoms with Gasteiger partial charge in [0, 0.05) is 5.69 Å². The average Bonchev–Trinajstić information content (AvgIpc) is 3.35. The molecule has 0 saturated heterocycles. The maximum Gasteiger partial charge on any atom is 0.329 e. The average molecular weight is 401 g/mol. The van der Waals surface area contributed by atoms with Crippen LogP contribution in [0.25, 0.3) is 0 Å². The van der Waals surface area contributed by atoms with Crippen molar-refractivity contribution in [3.63, 3.8) is 0 Å². The molecule has 1 heterocycles. The minimum absolute atomic E-state index is 0.170. The molecule has 3 rings (SSSR count). The summed E-state index contributed by atoms with van der Waals surface area (Å²) in [4.78, 5) is 37.3. The van der Waals surface area contributed by atoms with E-state index >= 15 is 0 Å². The van der Waals surface area contributed by atoms with E-state index < -0.39 is 24.5 Å². The van der Waals surface area contributed by atoms with E-state index in [4.69, 9.17) is 4.74 Å². The Morgan fingerprint density at radius 2 is 1.93 bits per heavy atom. The number of carbonyl (C=O) groups is 3. The first-order valence-electron chi connectivity index (χ1n) is 9.36. The molecule has 0 aliphatic heterocycles. The third kappa shape index (κ3) is 4.98. The maximum atomic E-state index is 12.4. The first-order valence-corrected chi connectivity index (χ1v) is 10.2. The van der Waals surface area contributed by atoms with Gasteiger partial charge in [0.15, 0.2) is 6.61 Å². The molecule has 1 aliphatic carbocycles. The number of rotatable bonds is 7. The van der Waals surface area contributed by atoms with E-state index in [0.29, 0.717) is 10.6 Å². The molecule has 1 atom stereocenters. The zero-order valence-corrected chi connectivity index (χ0v) is 16.8. The first kappa shape index (κ1) is 20.1. The summed E-state index contributed by atoms with van der Waals surface area (Å²) in [6, 6.07) is 8.50. The fourth-order valence-corrected chi connectivity index (χ4v) is 3.82. The third-order valence-electron chi connectivity index (χ3n) is 4.68. The van der Waals surface area contributed by atoms with Gasteiger partial charge in [-0.15, -0.1) is 11.3 Å². The van der Waals surface area contributed by atoms with E-state index in [0.717, 1.165) is 19.3 Å². The molecule has 0 bridgehead atoms. The topological polar surface area (TPSA) is 84.5 Å². The minimum Gasteiger partial charge on any atom is -0.454 e. The van der Waals surface area contributed by atoms with E-state index in [1.807, 2.05) is 32.0 Å². The molecule has 0 radical (unpaired) electrons. The van der Waals surface area contributed by atoms with Crippen molar-refractivity contribution in [2.24, 2.45) is 5.92 Å². The molecule has 2 N–H and O–H groups in total. The molecule has 28 heavy (non-hydrogen) atoms. The van der Waals surface area contributed by atoms with Crippen LogP contribution in [-0.2, 0) is 27.2 Å². The monoisotopic (exact) mass is 400 g/mol. The van der Waals surface area contributed by atoms with Crippen molar-refractivity contribution in [3.8, 4) is 0 Å². The Labute approximate surface area is 168 Å². The minimum atomic E-state index is -0.817. The molecule has 2 aromatic rings. The number of anilines is 1. The number of ether oxygens (including phenoxy) is 1. The normalized spacial score (nSPS) is 13.7. The van der Waals surface area contributed by atoms with Crippen molar-refractivity contribution >= 4 is 34.8 Å². The standard InChI is InChI=1S/C21H24N2O4S/c1-13(2)19(23-20(25)17-7-4-10-28-17)21(26)27-12-18(24)22-16-9-8-14-5-3-6-15(14)11-16/h4,7-11,13,19H,3,5-6,12H2,1-2H3,(H,22,24)(H,23,25)/t19-/m0/s1. The van der Waals surface area contributed by atoms with E-state index in [1.165, 1.54) is 22.5 Å². The van der Waals surface area contributed by atoms with E-state index in [2.05, 4.69) is 10.6 Å². The third-order valence-corrected chi connectivity index (χ3v) is 5.55. The van der Waals surface area contributed by atoms with Crippen molar-refractivity contribution in [2.75, 3.05) is 11.9 Å². The number of fused-ring (bicyclic) bond motifs is 1. The van der Waals surface area contributed by atoms with Gasteiger partial charge in [0.05, 0.1) is 4.88 Å². The maximum absolute atomic E-state index is 12.4. The molecule has 148 valence electrons. The Bertz CT molecular complexity index is 861. The largest absolute Gasteiger partial charge is 0.454 e. The van der Waals surface area contributed by atoms with Crippen LogP contribution in [0, 0.1) is 5.92 Å². The van der Waals surface area contributed by atoms with Crippen molar-refractivity contribution in [1.29, 1.82) is 0 Å². The van der Waals surface area contributed by atoms with Gasteiger partial charge in [-0.1, -0.05) is 26.0 Å². The number of benzene rings is 1. The van der Waals surface area contributed by atoms with Gasteiger partial charge in [0.25, 0.3) is 11.8 Å². The predicted molar refractivity (Wildman–Crippen MR) is 108 cm³/mol. The number of esters is 1. The van der Waals surface area contributed by atoms with Crippen molar-refractivity contribution in [1.82, 2.24) is 5.32 Å². The summed E-state index contributed by atoms with van der Waals surface area (Å²) in [6.07, 6.45) is 3.24. The van der Waals surface area contributed by atoms with Crippen LogP contribution in [0.4, 0.5) is 5.69 Å². The smallest absolute Gasteiger partial charge is 0.329 e.